The van der Waals surface area contributed by atoms with Crippen molar-refractivity contribution in [1.82, 2.24) is 0 Å². The molecule has 0 unspecified atom stereocenters. The van der Waals surface area contributed by atoms with E-state index in [9.17, 15) is 14.4 Å². The minimum absolute atomic E-state index is 0.0138. The fraction of sp³-hybridized carbons (Fsp3) is 0.148. The average molecular weight is 553 g/mol. The van der Waals surface area contributed by atoms with Crippen LogP contribution < -0.4 is 19.6 Å². The molecule has 0 aliphatic heterocycles. The minimum atomic E-state index is -0.808. The van der Waals surface area contributed by atoms with E-state index in [0.717, 1.165) is 0 Å². The number of methoxy groups -OCH3 is 2. The Hall–Kier alpha value is -4.11. The fourth-order valence-corrected chi connectivity index (χ4v) is 4.07. The molecule has 0 amide bonds. The van der Waals surface area contributed by atoms with E-state index in [0.29, 0.717) is 27.1 Å². The van der Waals surface area contributed by atoms with E-state index in [1.807, 2.05) is 0 Å². The molecule has 0 saturated carbocycles. The highest BCUT2D eigenvalue weighted by molar-refractivity contribution is 9.10. The molecular formula is C27H21BrO8. The standard InChI is InChI=1S/C27H21BrO8/c1-4-34-27(31)25-23(15-9-12-20(32-2)22(13-15)33-3)24(29)18-11-10-16(14-21(18)36-25)35-26(30)17-7-5-6-8-19(17)28/h5-14H,4H2,1-3H3. The van der Waals surface area contributed by atoms with Crippen molar-refractivity contribution in [2.24, 2.45) is 0 Å². The molecule has 4 aromatic rings. The van der Waals surface area contributed by atoms with E-state index in [4.69, 9.17) is 23.4 Å². The van der Waals surface area contributed by atoms with E-state index >= 15 is 0 Å². The third-order valence-corrected chi connectivity index (χ3v) is 5.99. The van der Waals surface area contributed by atoms with Crippen molar-refractivity contribution in [2.75, 3.05) is 20.8 Å². The number of esters is 2. The topological polar surface area (TPSA) is 101 Å². The molecule has 9 heteroatoms. The van der Waals surface area contributed by atoms with Crippen LogP contribution in [0, 0.1) is 0 Å². The molecule has 0 aliphatic rings. The van der Waals surface area contributed by atoms with E-state index in [-0.39, 0.29) is 34.6 Å². The zero-order valence-electron chi connectivity index (χ0n) is 19.6. The molecule has 1 heterocycles. The Bertz CT molecular complexity index is 1520. The zero-order chi connectivity index (χ0) is 25.8. The highest BCUT2D eigenvalue weighted by Gasteiger charge is 2.24. The molecule has 1 aromatic heterocycles. The summed E-state index contributed by atoms with van der Waals surface area (Å²) in [5.41, 5.74) is 0.325. The molecule has 184 valence electrons. The van der Waals surface area contributed by atoms with Gasteiger partial charge in [-0.1, -0.05) is 18.2 Å². The Labute approximate surface area is 214 Å². The van der Waals surface area contributed by atoms with Crippen molar-refractivity contribution >= 4 is 38.8 Å². The van der Waals surface area contributed by atoms with Crippen molar-refractivity contribution in [3.63, 3.8) is 0 Å². The van der Waals surface area contributed by atoms with E-state index in [2.05, 4.69) is 15.9 Å². The van der Waals surface area contributed by atoms with Gasteiger partial charge in [-0.15, -0.1) is 0 Å². The van der Waals surface area contributed by atoms with Crippen molar-refractivity contribution in [3.05, 3.63) is 86.7 Å². The van der Waals surface area contributed by atoms with Crippen molar-refractivity contribution in [3.8, 4) is 28.4 Å². The van der Waals surface area contributed by atoms with Gasteiger partial charge >= 0.3 is 11.9 Å². The van der Waals surface area contributed by atoms with Crippen LogP contribution in [-0.4, -0.2) is 32.8 Å². The monoisotopic (exact) mass is 552 g/mol. The Morgan fingerprint density at radius 3 is 2.36 bits per heavy atom. The lowest BCUT2D eigenvalue weighted by Crippen LogP contribution is -2.15. The summed E-state index contributed by atoms with van der Waals surface area (Å²) in [6.45, 7) is 1.72. The maximum atomic E-state index is 13.6. The third kappa shape index (κ3) is 4.83. The molecule has 0 N–H and O–H groups in total. The highest BCUT2D eigenvalue weighted by atomic mass is 79.9. The van der Waals surface area contributed by atoms with Gasteiger partial charge in [0.05, 0.1) is 37.3 Å². The second kappa shape index (κ2) is 10.7. The lowest BCUT2D eigenvalue weighted by Gasteiger charge is -2.13. The highest BCUT2D eigenvalue weighted by Crippen LogP contribution is 2.34. The van der Waals surface area contributed by atoms with E-state index in [1.165, 1.54) is 32.4 Å². The quantitative estimate of drug-likeness (QED) is 0.214. The van der Waals surface area contributed by atoms with Crippen LogP contribution in [-0.2, 0) is 4.74 Å². The number of ether oxygens (including phenoxy) is 4. The summed E-state index contributed by atoms with van der Waals surface area (Å²) in [4.78, 5) is 39.0. The molecule has 0 atom stereocenters. The first kappa shape index (κ1) is 25.0. The molecule has 4 rings (SSSR count). The van der Waals surface area contributed by atoms with Gasteiger partial charge < -0.3 is 23.4 Å². The average Bonchev–Trinajstić information content (AvgIpc) is 2.88. The summed E-state index contributed by atoms with van der Waals surface area (Å²) in [7, 11) is 2.96. The summed E-state index contributed by atoms with van der Waals surface area (Å²) >= 11 is 3.32. The van der Waals surface area contributed by atoms with Gasteiger partial charge in [-0.05, 0) is 64.8 Å². The van der Waals surface area contributed by atoms with Crippen molar-refractivity contribution in [1.29, 1.82) is 0 Å². The van der Waals surface area contributed by atoms with E-state index < -0.39 is 17.4 Å². The number of benzene rings is 3. The van der Waals surface area contributed by atoms with Crippen molar-refractivity contribution in [2.45, 2.75) is 6.92 Å². The van der Waals surface area contributed by atoms with Crippen LogP contribution in [0.5, 0.6) is 17.2 Å². The first-order valence-corrected chi connectivity index (χ1v) is 11.6. The number of halogens is 1. The normalized spacial score (nSPS) is 10.7. The Balaban J connectivity index is 1.84. The second-order valence-corrected chi connectivity index (χ2v) is 8.31. The fourth-order valence-electron chi connectivity index (χ4n) is 3.62. The number of hydrogen-bond donors (Lipinski definition) is 0. The van der Waals surface area contributed by atoms with Gasteiger partial charge in [0.25, 0.3) is 0 Å². The van der Waals surface area contributed by atoms with Crippen LogP contribution >= 0.6 is 15.9 Å². The summed E-state index contributed by atoms with van der Waals surface area (Å²) in [6, 6.07) is 16.0. The predicted octanol–water partition coefficient (Wildman–Crippen LogP) is 5.64. The van der Waals surface area contributed by atoms with Crippen LogP contribution in [0.15, 0.2) is 74.3 Å². The van der Waals surface area contributed by atoms with Gasteiger partial charge in [-0.3, -0.25) is 4.79 Å². The van der Waals surface area contributed by atoms with Crippen LogP contribution in [0.3, 0.4) is 0 Å². The lowest BCUT2D eigenvalue weighted by molar-refractivity contribution is 0.0491. The van der Waals surface area contributed by atoms with Gasteiger partial charge in [0.15, 0.2) is 11.5 Å². The van der Waals surface area contributed by atoms with Crippen LogP contribution in [0.4, 0.5) is 0 Å². The molecule has 0 spiro atoms. The van der Waals surface area contributed by atoms with Gasteiger partial charge in [0.2, 0.25) is 11.2 Å². The van der Waals surface area contributed by atoms with Gasteiger partial charge in [-0.2, -0.15) is 0 Å². The summed E-state index contributed by atoms with van der Waals surface area (Å²) in [6.07, 6.45) is 0. The smallest absolute Gasteiger partial charge is 0.375 e. The molecule has 3 aromatic carbocycles. The minimum Gasteiger partial charge on any atom is -0.493 e. The molecular weight excluding hydrogens is 532 g/mol. The largest absolute Gasteiger partial charge is 0.493 e. The molecule has 0 radical (unpaired) electrons. The summed E-state index contributed by atoms with van der Waals surface area (Å²) in [5.74, 6) is -0.719. The lowest BCUT2D eigenvalue weighted by atomic mass is 10.0. The summed E-state index contributed by atoms with van der Waals surface area (Å²) in [5, 5.41) is 0.188. The Morgan fingerprint density at radius 1 is 0.917 bits per heavy atom. The van der Waals surface area contributed by atoms with E-state index in [1.54, 1.807) is 49.4 Å². The van der Waals surface area contributed by atoms with Gasteiger partial charge in [-0.25, -0.2) is 9.59 Å². The molecule has 0 aliphatic carbocycles. The number of fused-ring (bicyclic) bond motifs is 1. The molecule has 0 fully saturated rings. The number of carbonyl (C=O) groups excluding carboxylic acids is 2. The second-order valence-electron chi connectivity index (χ2n) is 7.45. The predicted molar refractivity (Wildman–Crippen MR) is 136 cm³/mol. The third-order valence-electron chi connectivity index (χ3n) is 5.30. The first-order chi connectivity index (χ1) is 17.4. The molecule has 0 bridgehead atoms. The van der Waals surface area contributed by atoms with Gasteiger partial charge in [0.1, 0.15) is 11.3 Å². The molecule has 8 nitrogen and oxygen atoms in total. The zero-order valence-corrected chi connectivity index (χ0v) is 21.2. The SMILES string of the molecule is CCOC(=O)c1oc2cc(OC(=O)c3ccccc3Br)ccc2c(=O)c1-c1ccc(OC)c(OC)c1. The molecule has 36 heavy (non-hydrogen) atoms. The summed E-state index contributed by atoms with van der Waals surface area (Å²) < 4.78 is 27.7. The maximum Gasteiger partial charge on any atom is 0.375 e. The van der Waals surface area contributed by atoms with Crippen LogP contribution in [0.25, 0.3) is 22.1 Å². The number of carbonyl (C=O) groups is 2. The number of hydrogen-bond acceptors (Lipinski definition) is 8. The molecule has 0 saturated heterocycles. The Morgan fingerprint density at radius 2 is 1.67 bits per heavy atom. The Kier molecular flexibility index (Phi) is 7.40. The van der Waals surface area contributed by atoms with Crippen LogP contribution in [0.1, 0.15) is 27.8 Å². The maximum absolute atomic E-state index is 13.6. The first-order valence-electron chi connectivity index (χ1n) is 10.8. The van der Waals surface area contributed by atoms with Crippen LogP contribution in [0.2, 0.25) is 0 Å². The van der Waals surface area contributed by atoms with Gasteiger partial charge in [0, 0.05) is 10.5 Å². The van der Waals surface area contributed by atoms with Crippen molar-refractivity contribution < 1.29 is 33.0 Å². The number of rotatable bonds is 7.